The molecule has 0 heterocycles. The molecule has 1 fully saturated rings. The van der Waals surface area contributed by atoms with Crippen molar-refractivity contribution in [3.8, 4) is 0 Å². The van der Waals surface area contributed by atoms with Crippen LogP contribution in [0.15, 0.2) is 24.3 Å². The van der Waals surface area contributed by atoms with Crippen molar-refractivity contribution in [2.45, 2.75) is 236 Å². The lowest BCUT2D eigenvalue weighted by molar-refractivity contribution is -0.220. The third-order valence-corrected chi connectivity index (χ3v) is 11.8. The van der Waals surface area contributed by atoms with Gasteiger partial charge in [-0.1, -0.05) is 167 Å². The smallest absolute Gasteiger partial charge is 0.462 e. The fourth-order valence-electron chi connectivity index (χ4n) is 7.01. The number of phosphoric acid groups is 1. The van der Waals surface area contributed by atoms with Crippen LogP contribution in [0.4, 0.5) is 0 Å². The number of hydrogen-bond donors (Lipinski definition) is 6. The van der Waals surface area contributed by atoms with E-state index in [1.54, 1.807) is 0 Å². The molecule has 346 valence electrons. The van der Waals surface area contributed by atoms with Crippen molar-refractivity contribution in [3.05, 3.63) is 24.3 Å². The molecule has 0 saturated heterocycles. The second-order valence-electron chi connectivity index (χ2n) is 16.3. The molecule has 6 N–H and O–H groups in total. The van der Waals surface area contributed by atoms with E-state index >= 15 is 0 Å². The average Bonchev–Trinajstić information content (AvgIpc) is 3.21. The summed E-state index contributed by atoms with van der Waals surface area (Å²) in [5.41, 5.74) is 0. The standard InChI is InChI=1S/C45H83O13P/c1-3-5-7-9-11-13-15-17-19-20-22-24-26-28-30-32-34-39(47)57-37(36-56-59(53,54)58-45-43(51)41(49)40(48)42(50)44(45)52)35-55-38(46)33-31-29-27-25-23-21-18-16-14-12-10-8-6-4-2/h10,12,16,18,37,40-45,48-52H,3-9,11,13-15,17,19-36H2,1-2H3,(H,53,54)/b12-10+,18-16+/t37-,40?,41+,42?,43?,44?,45?/m1/s1. The molecule has 0 radical (unpaired) electrons. The number of carbonyl (C=O) groups is 2. The molecule has 1 rings (SSSR count). The van der Waals surface area contributed by atoms with Gasteiger partial charge in [0.05, 0.1) is 6.61 Å². The number of esters is 2. The topological polar surface area (TPSA) is 210 Å². The van der Waals surface area contributed by atoms with Crippen molar-refractivity contribution in [3.63, 3.8) is 0 Å². The van der Waals surface area contributed by atoms with Gasteiger partial charge in [0.15, 0.2) is 6.10 Å². The van der Waals surface area contributed by atoms with Gasteiger partial charge in [0.1, 0.15) is 43.2 Å². The molecule has 0 spiro atoms. The Kier molecular flexibility index (Phi) is 33.7. The van der Waals surface area contributed by atoms with Gasteiger partial charge in [0.2, 0.25) is 0 Å². The number of phosphoric ester groups is 1. The molecule has 0 aromatic heterocycles. The van der Waals surface area contributed by atoms with Crippen LogP contribution in [0.3, 0.4) is 0 Å². The molecule has 59 heavy (non-hydrogen) atoms. The Hall–Kier alpha value is -1.67. The van der Waals surface area contributed by atoms with Gasteiger partial charge in [-0.15, -0.1) is 0 Å². The Morgan fingerprint density at radius 1 is 0.525 bits per heavy atom. The van der Waals surface area contributed by atoms with Crippen LogP contribution >= 0.6 is 7.82 Å². The van der Waals surface area contributed by atoms with Gasteiger partial charge in [-0.2, -0.15) is 0 Å². The van der Waals surface area contributed by atoms with E-state index in [1.165, 1.54) is 83.5 Å². The molecule has 1 aliphatic carbocycles. The second-order valence-corrected chi connectivity index (χ2v) is 17.7. The molecule has 14 heteroatoms. The van der Waals surface area contributed by atoms with Crippen LogP contribution in [0.5, 0.6) is 0 Å². The summed E-state index contributed by atoms with van der Waals surface area (Å²) >= 11 is 0. The predicted octanol–water partition coefficient (Wildman–Crippen LogP) is 8.84. The van der Waals surface area contributed by atoms with Crippen molar-refractivity contribution in [1.82, 2.24) is 0 Å². The van der Waals surface area contributed by atoms with E-state index in [-0.39, 0.29) is 12.8 Å². The number of aliphatic hydroxyl groups is 5. The minimum Gasteiger partial charge on any atom is -0.462 e. The molecule has 1 aliphatic rings. The van der Waals surface area contributed by atoms with Crippen molar-refractivity contribution in [1.29, 1.82) is 0 Å². The van der Waals surface area contributed by atoms with E-state index in [4.69, 9.17) is 18.5 Å². The SMILES string of the molecule is CCCC/C=C/C/C=C/CCCCCCCC(=O)OC[C@H](COP(=O)(O)OC1C(O)C(O)C(O)[C@H](O)C1O)OC(=O)CCCCCCCCCCCCCCCCCC. The van der Waals surface area contributed by atoms with Crippen LogP contribution in [-0.2, 0) is 32.7 Å². The molecular weight excluding hydrogens is 779 g/mol. The maximum absolute atomic E-state index is 12.8. The minimum atomic E-state index is -5.12. The number of rotatable bonds is 38. The second kappa shape index (κ2) is 35.9. The van der Waals surface area contributed by atoms with Gasteiger partial charge >= 0.3 is 19.8 Å². The summed E-state index contributed by atoms with van der Waals surface area (Å²) in [5, 5.41) is 50.1. The van der Waals surface area contributed by atoms with Gasteiger partial charge in [-0.05, 0) is 38.5 Å². The summed E-state index contributed by atoms with van der Waals surface area (Å²) in [6.07, 6.45) is 25.2. The zero-order valence-electron chi connectivity index (χ0n) is 36.6. The molecule has 0 amide bonds. The fraction of sp³-hybridized carbons (Fsp3) is 0.867. The normalized spacial score (nSPS) is 22.5. The predicted molar refractivity (Wildman–Crippen MR) is 230 cm³/mol. The Bertz CT molecular complexity index is 1130. The van der Waals surface area contributed by atoms with Crippen molar-refractivity contribution in [2.75, 3.05) is 13.2 Å². The first-order valence-electron chi connectivity index (χ1n) is 23.1. The lowest BCUT2D eigenvalue weighted by Gasteiger charge is -2.41. The van der Waals surface area contributed by atoms with Crippen LogP contribution in [-0.4, -0.2) is 98.3 Å². The van der Waals surface area contributed by atoms with E-state index < -0.39 is 75.7 Å². The van der Waals surface area contributed by atoms with E-state index in [9.17, 15) is 44.6 Å². The molecule has 1 saturated carbocycles. The number of hydrogen-bond acceptors (Lipinski definition) is 12. The quantitative estimate of drug-likeness (QED) is 0.0149. The number of ether oxygens (including phenoxy) is 2. The zero-order valence-corrected chi connectivity index (χ0v) is 37.4. The lowest BCUT2D eigenvalue weighted by atomic mass is 9.85. The highest BCUT2D eigenvalue weighted by Crippen LogP contribution is 2.47. The van der Waals surface area contributed by atoms with Crippen LogP contribution in [0.25, 0.3) is 0 Å². The van der Waals surface area contributed by atoms with Crippen LogP contribution in [0, 0.1) is 0 Å². The maximum Gasteiger partial charge on any atom is 0.472 e. The molecular formula is C45H83O13P. The van der Waals surface area contributed by atoms with Crippen molar-refractivity contribution < 1.29 is 63.1 Å². The Morgan fingerprint density at radius 3 is 1.42 bits per heavy atom. The summed E-state index contributed by atoms with van der Waals surface area (Å²) in [7, 11) is -5.12. The fourth-order valence-corrected chi connectivity index (χ4v) is 7.98. The van der Waals surface area contributed by atoms with E-state index in [1.807, 2.05) is 0 Å². The molecule has 0 bridgehead atoms. The minimum absolute atomic E-state index is 0.0978. The first-order valence-corrected chi connectivity index (χ1v) is 24.6. The van der Waals surface area contributed by atoms with Gasteiger partial charge in [0, 0.05) is 12.8 Å². The third kappa shape index (κ3) is 28.5. The number of unbranched alkanes of at least 4 members (excludes halogenated alkanes) is 22. The van der Waals surface area contributed by atoms with Crippen LogP contribution in [0.1, 0.15) is 194 Å². The summed E-state index contributed by atoms with van der Waals surface area (Å²) < 4.78 is 33.5. The van der Waals surface area contributed by atoms with Crippen molar-refractivity contribution in [2.24, 2.45) is 0 Å². The molecule has 6 unspecified atom stereocenters. The number of allylic oxidation sites excluding steroid dienone is 4. The zero-order chi connectivity index (χ0) is 43.6. The molecule has 0 aromatic carbocycles. The Morgan fingerprint density at radius 2 is 0.932 bits per heavy atom. The highest BCUT2D eigenvalue weighted by Gasteiger charge is 2.51. The number of aliphatic hydroxyl groups excluding tert-OH is 5. The molecule has 0 aromatic rings. The van der Waals surface area contributed by atoms with Gasteiger partial charge in [-0.3, -0.25) is 18.6 Å². The molecule has 0 aliphatic heterocycles. The third-order valence-electron chi connectivity index (χ3n) is 10.8. The van der Waals surface area contributed by atoms with E-state index in [2.05, 4.69) is 38.2 Å². The van der Waals surface area contributed by atoms with Crippen molar-refractivity contribution >= 4 is 19.8 Å². The Balaban J connectivity index is 2.46. The van der Waals surface area contributed by atoms with Crippen LogP contribution < -0.4 is 0 Å². The largest absolute Gasteiger partial charge is 0.472 e. The average molecular weight is 863 g/mol. The first-order chi connectivity index (χ1) is 28.4. The highest BCUT2D eigenvalue weighted by molar-refractivity contribution is 7.47. The van der Waals surface area contributed by atoms with E-state index in [0.717, 1.165) is 70.6 Å². The highest BCUT2D eigenvalue weighted by atomic mass is 31.2. The van der Waals surface area contributed by atoms with Gasteiger partial charge in [-0.25, -0.2) is 4.57 Å². The molecule has 13 nitrogen and oxygen atoms in total. The summed E-state index contributed by atoms with van der Waals surface area (Å²) in [5.74, 6) is -1.11. The maximum atomic E-state index is 12.8. The number of carbonyl (C=O) groups excluding carboxylic acids is 2. The van der Waals surface area contributed by atoms with Gasteiger partial charge < -0.3 is 39.9 Å². The summed E-state index contributed by atoms with van der Waals surface area (Å²) in [4.78, 5) is 35.7. The van der Waals surface area contributed by atoms with Crippen LogP contribution in [0.2, 0.25) is 0 Å². The monoisotopic (exact) mass is 863 g/mol. The first kappa shape index (κ1) is 55.3. The lowest BCUT2D eigenvalue weighted by Crippen LogP contribution is -2.64. The van der Waals surface area contributed by atoms with Gasteiger partial charge in [0.25, 0.3) is 0 Å². The van der Waals surface area contributed by atoms with E-state index in [0.29, 0.717) is 12.8 Å². The Labute approximate surface area is 356 Å². The molecule has 8 atom stereocenters. The summed E-state index contributed by atoms with van der Waals surface area (Å²) in [6, 6.07) is 0. The summed E-state index contributed by atoms with van der Waals surface area (Å²) in [6.45, 7) is 3.25.